The quantitative estimate of drug-likeness (QED) is 0.729. The van der Waals surface area contributed by atoms with Gasteiger partial charge in [0.05, 0.1) is 12.8 Å². The molecule has 0 bridgehead atoms. The molecule has 3 heterocycles. The van der Waals surface area contributed by atoms with Gasteiger partial charge in [0, 0.05) is 43.2 Å². The molecule has 0 saturated carbocycles. The second-order valence-electron chi connectivity index (χ2n) is 6.71. The molecule has 134 valence electrons. The number of amides is 1. The lowest BCUT2D eigenvalue weighted by Crippen LogP contribution is -2.39. The molecule has 0 N–H and O–H groups in total. The minimum absolute atomic E-state index is 0.0481. The zero-order valence-electron chi connectivity index (χ0n) is 15.1. The molecule has 2 aromatic heterocycles. The van der Waals surface area contributed by atoms with E-state index in [1.807, 2.05) is 40.9 Å². The van der Waals surface area contributed by atoms with Gasteiger partial charge in [-0.05, 0) is 43.2 Å². The fourth-order valence-electron chi connectivity index (χ4n) is 3.74. The summed E-state index contributed by atoms with van der Waals surface area (Å²) in [5.41, 5.74) is 2.59. The van der Waals surface area contributed by atoms with Crippen molar-refractivity contribution in [2.45, 2.75) is 18.8 Å². The molecule has 1 amide bonds. The van der Waals surface area contributed by atoms with Crippen LogP contribution in [0, 0.1) is 0 Å². The maximum Gasteiger partial charge on any atom is 0.254 e. The van der Waals surface area contributed by atoms with E-state index in [1.54, 1.807) is 19.4 Å². The minimum Gasteiger partial charge on any atom is -0.497 e. The number of ether oxygens (including phenoxy) is 1. The van der Waals surface area contributed by atoms with Crippen molar-refractivity contribution >= 4 is 16.9 Å². The number of aryl methyl sites for hydroxylation is 1. The van der Waals surface area contributed by atoms with Gasteiger partial charge in [-0.15, -0.1) is 0 Å². The summed E-state index contributed by atoms with van der Waals surface area (Å²) in [4.78, 5) is 19.3. The molecule has 1 aliphatic rings. The molecule has 1 saturated heterocycles. The highest BCUT2D eigenvalue weighted by Gasteiger charge is 2.28. The van der Waals surface area contributed by atoms with Gasteiger partial charge in [-0.2, -0.15) is 5.10 Å². The number of rotatable bonds is 3. The van der Waals surface area contributed by atoms with Crippen LogP contribution in [0.15, 0.2) is 42.6 Å². The average molecular weight is 350 g/mol. The number of hydrogen-bond acceptors (Lipinski definition) is 4. The van der Waals surface area contributed by atoms with Gasteiger partial charge < -0.3 is 9.64 Å². The van der Waals surface area contributed by atoms with E-state index in [2.05, 4.69) is 11.1 Å². The number of aromatic nitrogens is 3. The number of methoxy groups -OCH3 is 1. The molecule has 1 fully saturated rings. The van der Waals surface area contributed by atoms with E-state index in [4.69, 9.17) is 9.84 Å². The Labute approximate surface area is 152 Å². The van der Waals surface area contributed by atoms with E-state index in [1.165, 1.54) is 0 Å². The van der Waals surface area contributed by atoms with E-state index in [0.29, 0.717) is 17.9 Å². The van der Waals surface area contributed by atoms with Crippen molar-refractivity contribution in [3.05, 3.63) is 53.9 Å². The van der Waals surface area contributed by atoms with Crippen molar-refractivity contribution in [3.63, 3.8) is 0 Å². The SMILES string of the molecule is COc1cccc(C(=O)N2CCCC(c3nn(C)c4ncccc34)C2)c1. The molecule has 6 heteroatoms. The number of nitrogens with zero attached hydrogens (tertiary/aromatic N) is 4. The first-order valence-electron chi connectivity index (χ1n) is 8.88. The highest BCUT2D eigenvalue weighted by atomic mass is 16.5. The van der Waals surface area contributed by atoms with E-state index in [0.717, 1.165) is 36.1 Å². The number of piperidine rings is 1. The maximum atomic E-state index is 12.9. The molecule has 1 atom stereocenters. The molecule has 6 nitrogen and oxygen atoms in total. The molecule has 3 aromatic rings. The van der Waals surface area contributed by atoms with Crippen molar-refractivity contribution in [3.8, 4) is 5.75 Å². The molecular formula is C20H22N4O2. The van der Waals surface area contributed by atoms with Crippen LogP contribution in [0.4, 0.5) is 0 Å². The van der Waals surface area contributed by atoms with Crippen LogP contribution in [0.2, 0.25) is 0 Å². The zero-order valence-corrected chi connectivity index (χ0v) is 15.1. The lowest BCUT2D eigenvalue weighted by molar-refractivity contribution is 0.0705. The predicted molar refractivity (Wildman–Crippen MR) is 99.4 cm³/mol. The lowest BCUT2D eigenvalue weighted by atomic mass is 9.93. The first kappa shape index (κ1) is 16.6. The second kappa shape index (κ2) is 6.78. The summed E-state index contributed by atoms with van der Waals surface area (Å²) >= 11 is 0. The van der Waals surface area contributed by atoms with Gasteiger partial charge in [0.2, 0.25) is 0 Å². The largest absolute Gasteiger partial charge is 0.497 e. The minimum atomic E-state index is 0.0481. The maximum absolute atomic E-state index is 12.9. The number of hydrogen-bond donors (Lipinski definition) is 0. The average Bonchev–Trinajstić information content (AvgIpc) is 3.04. The van der Waals surface area contributed by atoms with E-state index >= 15 is 0 Å². The van der Waals surface area contributed by atoms with Crippen molar-refractivity contribution < 1.29 is 9.53 Å². The Kier molecular flexibility index (Phi) is 4.32. The van der Waals surface area contributed by atoms with Crippen LogP contribution < -0.4 is 4.74 Å². The van der Waals surface area contributed by atoms with E-state index in [9.17, 15) is 4.79 Å². The van der Waals surface area contributed by atoms with Crippen molar-refractivity contribution in [1.29, 1.82) is 0 Å². The normalized spacial score (nSPS) is 17.5. The summed E-state index contributed by atoms with van der Waals surface area (Å²) in [7, 11) is 3.53. The fraction of sp³-hybridized carbons (Fsp3) is 0.350. The van der Waals surface area contributed by atoms with E-state index in [-0.39, 0.29) is 11.8 Å². The Bertz CT molecular complexity index is 950. The Morgan fingerprint density at radius 3 is 3.00 bits per heavy atom. The van der Waals surface area contributed by atoms with Crippen molar-refractivity contribution in [2.75, 3.05) is 20.2 Å². The van der Waals surface area contributed by atoms with E-state index < -0.39 is 0 Å². The summed E-state index contributed by atoms with van der Waals surface area (Å²) in [6, 6.07) is 11.3. The van der Waals surface area contributed by atoms with Gasteiger partial charge in [-0.3, -0.25) is 9.48 Å². The molecule has 0 aliphatic carbocycles. The molecule has 26 heavy (non-hydrogen) atoms. The predicted octanol–water partition coefficient (Wildman–Crippen LogP) is 3.00. The first-order valence-corrected chi connectivity index (χ1v) is 8.88. The molecule has 1 aromatic carbocycles. The van der Waals surface area contributed by atoms with Crippen LogP contribution in [-0.4, -0.2) is 45.8 Å². The second-order valence-corrected chi connectivity index (χ2v) is 6.71. The standard InChI is InChI=1S/C20H22N4O2/c1-23-19-17(9-4-10-21-19)18(22-23)15-7-5-11-24(13-15)20(25)14-6-3-8-16(12-14)26-2/h3-4,6,8-10,12,15H,5,7,11,13H2,1-2H3. The van der Waals surface area contributed by atoms with Crippen LogP contribution >= 0.6 is 0 Å². The van der Waals surface area contributed by atoms with Crippen molar-refractivity contribution in [1.82, 2.24) is 19.7 Å². The van der Waals surface area contributed by atoms with Gasteiger partial charge >= 0.3 is 0 Å². The third-order valence-corrected chi connectivity index (χ3v) is 5.04. The van der Waals surface area contributed by atoms with Crippen LogP contribution in [0.5, 0.6) is 5.75 Å². The Hall–Kier alpha value is -2.89. The fourth-order valence-corrected chi connectivity index (χ4v) is 3.74. The molecule has 0 spiro atoms. The Balaban J connectivity index is 1.60. The van der Waals surface area contributed by atoms with Gasteiger partial charge in [0.15, 0.2) is 5.65 Å². The third kappa shape index (κ3) is 2.92. The summed E-state index contributed by atoms with van der Waals surface area (Å²) in [6.45, 7) is 1.45. The van der Waals surface area contributed by atoms with Crippen LogP contribution in [0.3, 0.4) is 0 Å². The smallest absolute Gasteiger partial charge is 0.254 e. The van der Waals surface area contributed by atoms with Gasteiger partial charge in [-0.1, -0.05) is 6.07 Å². The summed E-state index contributed by atoms with van der Waals surface area (Å²) in [5, 5.41) is 5.78. The molecule has 4 rings (SSSR count). The van der Waals surface area contributed by atoms with Crippen LogP contribution in [-0.2, 0) is 7.05 Å². The van der Waals surface area contributed by atoms with Crippen LogP contribution in [0.25, 0.3) is 11.0 Å². The molecule has 1 unspecified atom stereocenters. The zero-order chi connectivity index (χ0) is 18.1. The summed E-state index contributed by atoms with van der Waals surface area (Å²) < 4.78 is 7.07. The molecule has 1 aliphatic heterocycles. The number of likely N-dealkylation sites (tertiary alicyclic amines) is 1. The van der Waals surface area contributed by atoms with Crippen LogP contribution in [0.1, 0.15) is 34.8 Å². The summed E-state index contributed by atoms with van der Waals surface area (Å²) in [5.74, 6) is 0.976. The third-order valence-electron chi connectivity index (χ3n) is 5.04. The van der Waals surface area contributed by atoms with Gasteiger partial charge in [0.1, 0.15) is 5.75 Å². The number of pyridine rings is 1. The monoisotopic (exact) mass is 350 g/mol. The highest BCUT2D eigenvalue weighted by molar-refractivity contribution is 5.94. The summed E-state index contributed by atoms with van der Waals surface area (Å²) in [6.07, 6.45) is 3.79. The topological polar surface area (TPSA) is 60.2 Å². The number of benzene rings is 1. The van der Waals surface area contributed by atoms with Gasteiger partial charge in [0.25, 0.3) is 5.91 Å². The number of carbonyl (C=O) groups excluding carboxylic acids is 1. The molecule has 0 radical (unpaired) electrons. The highest BCUT2D eigenvalue weighted by Crippen LogP contribution is 2.31. The number of fused-ring (bicyclic) bond motifs is 1. The lowest BCUT2D eigenvalue weighted by Gasteiger charge is -2.32. The Morgan fingerprint density at radius 1 is 1.27 bits per heavy atom. The first-order chi connectivity index (χ1) is 12.7. The van der Waals surface area contributed by atoms with Gasteiger partial charge in [-0.25, -0.2) is 4.98 Å². The molecular weight excluding hydrogens is 328 g/mol. The Morgan fingerprint density at radius 2 is 2.15 bits per heavy atom. The van der Waals surface area contributed by atoms with Crippen molar-refractivity contribution in [2.24, 2.45) is 7.05 Å². The number of carbonyl (C=O) groups is 1.